The molecule has 0 saturated carbocycles. The Bertz CT molecular complexity index is 604. The van der Waals surface area contributed by atoms with Crippen LogP contribution in [0.2, 0.25) is 0 Å². The van der Waals surface area contributed by atoms with Gasteiger partial charge in [0.25, 0.3) is 5.91 Å². The molecule has 1 N–H and O–H groups in total. The fraction of sp³-hybridized carbons (Fsp3) is 0.500. The van der Waals surface area contributed by atoms with Crippen LogP contribution in [-0.2, 0) is 19.3 Å². The Balaban J connectivity index is 1.66. The van der Waals surface area contributed by atoms with Crippen LogP contribution in [0, 0.1) is 0 Å². The van der Waals surface area contributed by atoms with Crippen molar-refractivity contribution in [2.45, 2.75) is 51.5 Å². The first-order valence-corrected chi connectivity index (χ1v) is 8.42. The zero-order chi connectivity index (χ0) is 14.7. The van der Waals surface area contributed by atoms with E-state index in [0.29, 0.717) is 5.69 Å². The van der Waals surface area contributed by atoms with Gasteiger partial charge in [-0.05, 0) is 37.6 Å². The lowest BCUT2D eigenvalue weighted by molar-refractivity contribution is 0.0930. The van der Waals surface area contributed by atoms with Crippen molar-refractivity contribution < 1.29 is 9.32 Å². The van der Waals surface area contributed by atoms with Crippen LogP contribution in [0.15, 0.2) is 22.0 Å². The monoisotopic (exact) mass is 304 g/mol. The van der Waals surface area contributed by atoms with Crippen molar-refractivity contribution >= 4 is 17.2 Å². The van der Waals surface area contributed by atoms with Gasteiger partial charge in [-0.15, -0.1) is 11.3 Å². The molecule has 4 nitrogen and oxygen atoms in total. The fourth-order valence-electron chi connectivity index (χ4n) is 2.81. The van der Waals surface area contributed by atoms with E-state index in [9.17, 15) is 4.79 Å². The molecule has 0 radical (unpaired) electrons. The molecule has 1 aliphatic carbocycles. The van der Waals surface area contributed by atoms with E-state index in [2.05, 4.69) is 21.9 Å². The highest BCUT2D eigenvalue weighted by Crippen LogP contribution is 2.23. The number of aryl methyl sites for hydroxylation is 1. The summed E-state index contributed by atoms with van der Waals surface area (Å²) in [6.07, 6.45) is 6.09. The quantitative estimate of drug-likeness (QED) is 0.881. The zero-order valence-electron chi connectivity index (χ0n) is 12.2. The third-order valence-corrected chi connectivity index (χ3v) is 4.78. The van der Waals surface area contributed by atoms with E-state index in [1.807, 2.05) is 13.0 Å². The second-order valence-electron chi connectivity index (χ2n) is 5.65. The molecule has 5 heteroatoms. The van der Waals surface area contributed by atoms with Gasteiger partial charge >= 0.3 is 0 Å². The van der Waals surface area contributed by atoms with Crippen molar-refractivity contribution in [2.24, 2.45) is 0 Å². The minimum atomic E-state index is -0.106. The van der Waals surface area contributed by atoms with Gasteiger partial charge in [0.2, 0.25) is 0 Å². The third-order valence-electron chi connectivity index (χ3n) is 3.88. The summed E-state index contributed by atoms with van der Waals surface area (Å²) in [6.45, 7) is 2.02. The Kier molecular flexibility index (Phi) is 4.39. The summed E-state index contributed by atoms with van der Waals surface area (Å²) >= 11 is 1.72. The molecule has 1 amide bonds. The summed E-state index contributed by atoms with van der Waals surface area (Å²) in [6, 6.07) is 4.22. The molecule has 21 heavy (non-hydrogen) atoms. The molecule has 0 fully saturated rings. The molecular weight excluding hydrogens is 284 g/mol. The van der Waals surface area contributed by atoms with E-state index < -0.39 is 0 Å². The number of carbonyl (C=O) groups is 1. The highest BCUT2D eigenvalue weighted by atomic mass is 32.1. The second-order valence-corrected chi connectivity index (χ2v) is 6.68. The number of aromatic nitrogens is 1. The Morgan fingerprint density at radius 1 is 1.43 bits per heavy atom. The summed E-state index contributed by atoms with van der Waals surface area (Å²) < 4.78 is 5.37. The minimum absolute atomic E-state index is 0.0919. The van der Waals surface area contributed by atoms with E-state index in [0.717, 1.165) is 43.4 Å². The molecule has 2 aromatic heterocycles. The lowest BCUT2D eigenvalue weighted by Crippen LogP contribution is -2.34. The van der Waals surface area contributed by atoms with Crippen LogP contribution < -0.4 is 5.32 Å². The van der Waals surface area contributed by atoms with Gasteiger partial charge in [0.15, 0.2) is 5.69 Å². The van der Waals surface area contributed by atoms with Crippen molar-refractivity contribution in [2.75, 3.05) is 0 Å². The van der Waals surface area contributed by atoms with Crippen molar-refractivity contribution in [3.63, 3.8) is 0 Å². The Morgan fingerprint density at radius 2 is 2.29 bits per heavy atom. The standard InChI is InChI=1S/C16H20N2O2S/c1-11(10-12-6-5-9-21-12)17-16(19)15-13-7-3-2-4-8-14(13)20-18-15/h5-6,9,11H,2-4,7-8,10H2,1H3,(H,17,19). The lowest BCUT2D eigenvalue weighted by atomic mass is 10.1. The van der Waals surface area contributed by atoms with E-state index in [4.69, 9.17) is 4.52 Å². The second kappa shape index (κ2) is 6.43. The first-order valence-electron chi connectivity index (χ1n) is 7.54. The smallest absolute Gasteiger partial charge is 0.273 e. The third kappa shape index (κ3) is 3.35. The van der Waals surface area contributed by atoms with Crippen LogP contribution in [0.1, 0.15) is 52.9 Å². The van der Waals surface area contributed by atoms with Crippen molar-refractivity contribution in [3.05, 3.63) is 39.4 Å². The maximum Gasteiger partial charge on any atom is 0.273 e. The Hall–Kier alpha value is -1.62. The summed E-state index contributed by atoms with van der Waals surface area (Å²) in [5.74, 6) is 0.800. The molecular formula is C16H20N2O2S. The number of hydrogen-bond acceptors (Lipinski definition) is 4. The van der Waals surface area contributed by atoms with Gasteiger partial charge in [0.1, 0.15) is 5.76 Å². The zero-order valence-corrected chi connectivity index (χ0v) is 13.0. The molecule has 1 unspecified atom stereocenters. The summed E-state index contributed by atoms with van der Waals surface area (Å²) in [4.78, 5) is 13.7. The topological polar surface area (TPSA) is 55.1 Å². The minimum Gasteiger partial charge on any atom is -0.360 e. The number of fused-ring (bicyclic) bond motifs is 1. The number of nitrogens with one attached hydrogen (secondary N) is 1. The van der Waals surface area contributed by atoms with Crippen molar-refractivity contribution in [3.8, 4) is 0 Å². The predicted octanol–water partition coefficient (Wildman–Crippen LogP) is 3.37. The van der Waals surface area contributed by atoms with Crippen LogP contribution in [0.5, 0.6) is 0 Å². The first kappa shape index (κ1) is 14.3. The molecule has 0 aromatic carbocycles. The largest absolute Gasteiger partial charge is 0.360 e. The number of rotatable bonds is 4. The number of carbonyl (C=O) groups excluding carboxylic acids is 1. The number of thiophene rings is 1. The maximum absolute atomic E-state index is 12.4. The molecule has 2 aromatic rings. The number of nitrogens with zero attached hydrogens (tertiary/aromatic N) is 1. The average molecular weight is 304 g/mol. The molecule has 112 valence electrons. The van der Waals surface area contributed by atoms with Gasteiger partial charge in [-0.2, -0.15) is 0 Å². The molecule has 1 aliphatic rings. The SMILES string of the molecule is CC(Cc1cccs1)NC(=O)c1noc2c1CCCCC2. The highest BCUT2D eigenvalue weighted by molar-refractivity contribution is 7.09. The van der Waals surface area contributed by atoms with Gasteiger partial charge in [0, 0.05) is 29.3 Å². The van der Waals surface area contributed by atoms with Crippen LogP contribution in [0.3, 0.4) is 0 Å². The van der Waals surface area contributed by atoms with Gasteiger partial charge in [-0.3, -0.25) is 4.79 Å². The molecule has 2 heterocycles. The normalized spacial score (nSPS) is 16.0. The van der Waals surface area contributed by atoms with Crippen molar-refractivity contribution in [1.29, 1.82) is 0 Å². The number of hydrogen-bond donors (Lipinski definition) is 1. The van der Waals surface area contributed by atoms with E-state index >= 15 is 0 Å². The molecule has 0 spiro atoms. The molecule has 3 rings (SSSR count). The predicted molar refractivity (Wildman–Crippen MR) is 82.7 cm³/mol. The summed E-state index contributed by atoms with van der Waals surface area (Å²) in [7, 11) is 0. The summed E-state index contributed by atoms with van der Waals surface area (Å²) in [5, 5.41) is 9.10. The lowest BCUT2D eigenvalue weighted by Gasteiger charge is -2.12. The summed E-state index contributed by atoms with van der Waals surface area (Å²) in [5.41, 5.74) is 1.51. The molecule has 0 saturated heterocycles. The van der Waals surface area contributed by atoms with Gasteiger partial charge < -0.3 is 9.84 Å². The maximum atomic E-state index is 12.4. The molecule has 0 aliphatic heterocycles. The van der Waals surface area contributed by atoms with Crippen molar-refractivity contribution in [1.82, 2.24) is 10.5 Å². The van der Waals surface area contributed by atoms with Crippen LogP contribution >= 0.6 is 11.3 Å². The molecule has 0 bridgehead atoms. The van der Waals surface area contributed by atoms with Gasteiger partial charge in [-0.25, -0.2) is 0 Å². The first-order chi connectivity index (χ1) is 10.2. The number of amides is 1. The van der Waals surface area contributed by atoms with E-state index in [-0.39, 0.29) is 11.9 Å². The van der Waals surface area contributed by atoms with E-state index in [1.165, 1.54) is 11.3 Å². The van der Waals surface area contributed by atoms with Crippen LogP contribution in [0.4, 0.5) is 0 Å². The highest BCUT2D eigenvalue weighted by Gasteiger charge is 2.23. The van der Waals surface area contributed by atoms with E-state index in [1.54, 1.807) is 11.3 Å². The fourth-order valence-corrected chi connectivity index (χ4v) is 3.65. The Morgan fingerprint density at radius 3 is 3.10 bits per heavy atom. The van der Waals surface area contributed by atoms with Gasteiger partial charge in [-0.1, -0.05) is 17.6 Å². The van der Waals surface area contributed by atoms with Gasteiger partial charge in [0.05, 0.1) is 0 Å². The van der Waals surface area contributed by atoms with Crippen LogP contribution in [0.25, 0.3) is 0 Å². The Labute approximate surface area is 128 Å². The molecule has 1 atom stereocenters. The average Bonchev–Trinajstić information content (AvgIpc) is 3.04. The van der Waals surface area contributed by atoms with Crippen LogP contribution in [-0.4, -0.2) is 17.1 Å².